The number of aryl methyl sites for hydroxylation is 2. The highest BCUT2D eigenvalue weighted by molar-refractivity contribution is 9.10. The average Bonchev–Trinajstić information content (AvgIpc) is 2.53. The number of halogens is 1. The van der Waals surface area contributed by atoms with Crippen molar-refractivity contribution < 1.29 is 19.2 Å². The fourth-order valence-electron chi connectivity index (χ4n) is 2.31. The van der Waals surface area contributed by atoms with Gasteiger partial charge in [0.25, 0.3) is 11.6 Å². The predicted molar refractivity (Wildman–Crippen MR) is 97.4 cm³/mol. The number of non-ortho nitro benzene ring substituents is 1. The Hall–Kier alpha value is -2.61. The molecule has 0 saturated heterocycles. The van der Waals surface area contributed by atoms with E-state index in [0.29, 0.717) is 11.4 Å². The summed E-state index contributed by atoms with van der Waals surface area (Å²) in [4.78, 5) is 22.4. The van der Waals surface area contributed by atoms with E-state index < -0.39 is 10.8 Å². The first-order valence-electron chi connectivity index (χ1n) is 7.33. The molecule has 0 atom stereocenters. The minimum Gasteiger partial charge on any atom is -0.494 e. The first-order chi connectivity index (χ1) is 11.8. The van der Waals surface area contributed by atoms with Gasteiger partial charge in [0.1, 0.15) is 11.5 Å². The second-order valence-electron chi connectivity index (χ2n) is 5.37. The zero-order valence-electron chi connectivity index (χ0n) is 14.0. The zero-order chi connectivity index (χ0) is 18.6. The van der Waals surface area contributed by atoms with Crippen molar-refractivity contribution in [3.8, 4) is 11.5 Å². The number of carbonyl (C=O) groups excluding carboxylic acids is 1. The topological polar surface area (TPSA) is 90.7 Å². The fourth-order valence-corrected chi connectivity index (χ4v) is 3.09. The Morgan fingerprint density at radius 1 is 1.28 bits per heavy atom. The highest BCUT2D eigenvalue weighted by Gasteiger charge is 2.14. The van der Waals surface area contributed by atoms with Crippen molar-refractivity contribution in [3.63, 3.8) is 0 Å². The van der Waals surface area contributed by atoms with Crippen molar-refractivity contribution >= 4 is 33.2 Å². The molecule has 2 aromatic rings. The van der Waals surface area contributed by atoms with Gasteiger partial charge in [-0.15, -0.1) is 0 Å². The van der Waals surface area contributed by atoms with Crippen molar-refractivity contribution in [1.82, 2.24) is 0 Å². The third-order valence-corrected chi connectivity index (χ3v) is 3.98. The van der Waals surface area contributed by atoms with Gasteiger partial charge in [0.05, 0.1) is 28.3 Å². The largest absolute Gasteiger partial charge is 0.494 e. The SMILES string of the molecule is COc1cc([N+](=O)[O-])ccc1NC(=O)COc1c(C)cc(C)cc1Br. The molecule has 7 nitrogen and oxygen atoms in total. The Labute approximate surface area is 153 Å². The number of anilines is 1. The molecule has 0 heterocycles. The van der Waals surface area contributed by atoms with E-state index in [0.717, 1.165) is 15.6 Å². The van der Waals surface area contributed by atoms with Gasteiger partial charge in [0, 0.05) is 6.07 Å². The summed E-state index contributed by atoms with van der Waals surface area (Å²) in [5.74, 6) is 0.394. The average molecular weight is 409 g/mol. The maximum Gasteiger partial charge on any atom is 0.273 e. The minimum absolute atomic E-state index is 0.120. The molecule has 0 aliphatic rings. The summed E-state index contributed by atoms with van der Waals surface area (Å²) in [7, 11) is 1.37. The van der Waals surface area contributed by atoms with Crippen LogP contribution in [0.15, 0.2) is 34.8 Å². The lowest BCUT2D eigenvalue weighted by atomic mass is 10.1. The Morgan fingerprint density at radius 2 is 2.00 bits per heavy atom. The smallest absolute Gasteiger partial charge is 0.273 e. The molecular formula is C17H17BrN2O5. The molecule has 0 radical (unpaired) electrons. The molecule has 2 rings (SSSR count). The van der Waals surface area contributed by atoms with Crippen LogP contribution in [0.25, 0.3) is 0 Å². The molecule has 0 aliphatic heterocycles. The molecule has 0 aliphatic carbocycles. The molecule has 0 bridgehead atoms. The van der Waals surface area contributed by atoms with Crippen LogP contribution in [-0.2, 0) is 4.79 Å². The van der Waals surface area contributed by atoms with E-state index in [2.05, 4.69) is 21.2 Å². The van der Waals surface area contributed by atoms with Gasteiger partial charge in [-0.1, -0.05) is 6.07 Å². The number of amides is 1. The monoisotopic (exact) mass is 408 g/mol. The number of nitro groups is 1. The number of carbonyl (C=O) groups is 1. The Kier molecular flexibility index (Phi) is 5.97. The van der Waals surface area contributed by atoms with Gasteiger partial charge in [-0.25, -0.2) is 0 Å². The molecule has 132 valence electrons. The predicted octanol–water partition coefficient (Wildman–Crippen LogP) is 4.00. The van der Waals surface area contributed by atoms with Crippen LogP contribution < -0.4 is 14.8 Å². The van der Waals surface area contributed by atoms with Crippen molar-refractivity contribution in [3.05, 3.63) is 56.0 Å². The van der Waals surface area contributed by atoms with Crippen LogP contribution in [0.2, 0.25) is 0 Å². The molecule has 0 spiro atoms. The summed E-state index contributed by atoms with van der Waals surface area (Å²) >= 11 is 3.42. The molecule has 0 unspecified atom stereocenters. The van der Waals surface area contributed by atoms with Gasteiger partial charge in [-0.3, -0.25) is 14.9 Å². The van der Waals surface area contributed by atoms with Crippen LogP contribution in [-0.4, -0.2) is 24.5 Å². The van der Waals surface area contributed by atoms with Crippen LogP contribution in [0.3, 0.4) is 0 Å². The summed E-state index contributed by atoms with van der Waals surface area (Å²) < 4.78 is 11.4. The van der Waals surface area contributed by atoms with Gasteiger partial charge >= 0.3 is 0 Å². The second-order valence-corrected chi connectivity index (χ2v) is 6.23. The lowest BCUT2D eigenvalue weighted by molar-refractivity contribution is -0.384. The molecule has 25 heavy (non-hydrogen) atoms. The summed E-state index contributed by atoms with van der Waals surface area (Å²) in [6.07, 6.45) is 0. The summed E-state index contributed by atoms with van der Waals surface area (Å²) in [5.41, 5.74) is 2.20. The molecule has 0 fully saturated rings. The molecular weight excluding hydrogens is 392 g/mol. The quantitative estimate of drug-likeness (QED) is 0.575. The maximum absolute atomic E-state index is 12.1. The van der Waals surface area contributed by atoms with Gasteiger partial charge < -0.3 is 14.8 Å². The summed E-state index contributed by atoms with van der Waals surface area (Å²) in [6, 6.07) is 7.82. The maximum atomic E-state index is 12.1. The van der Waals surface area contributed by atoms with Crippen molar-refractivity contribution in [2.24, 2.45) is 0 Å². The van der Waals surface area contributed by atoms with Gasteiger partial charge in [0.2, 0.25) is 0 Å². The number of nitrogens with one attached hydrogen (secondary N) is 1. The Morgan fingerprint density at radius 3 is 2.60 bits per heavy atom. The number of hydrogen-bond donors (Lipinski definition) is 1. The number of nitrogens with zero attached hydrogens (tertiary/aromatic N) is 1. The molecule has 2 aromatic carbocycles. The second kappa shape index (κ2) is 7.98. The first kappa shape index (κ1) is 18.7. The highest BCUT2D eigenvalue weighted by Crippen LogP contribution is 2.31. The number of hydrogen-bond acceptors (Lipinski definition) is 5. The summed E-state index contributed by atoms with van der Waals surface area (Å²) in [5, 5.41) is 13.4. The van der Waals surface area contributed by atoms with Crippen molar-refractivity contribution in [1.29, 1.82) is 0 Å². The van der Waals surface area contributed by atoms with Gasteiger partial charge in [-0.2, -0.15) is 0 Å². The molecule has 1 N–H and O–H groups in total. The Balaban J connectivity index is 2.07. The Bertz CT molecular complexity index is 800. The van der Waals surface area contributed by atoms with Crippen LogP contribution in [0.1, 0.15) is 11.1 Å². The van der Waals surface area contributed by atoms with Gasteiger partial charge in [-0.05, 0) is 53.0 Å². The van der Waals surface area contributed by atoms with E-state index in [4.69, 9.17) is 9.47 Å². The van der Waals surface area contributed by atoms with Crippen LogP contribution in [0, 0.1) is 24.0 Å². The lowest BCUT2D eigenvalue weighted by Crippen LogP contribution is -2.21. The normalized spacial score (nSPS) is 10.2. The number of nitro benzene ring substituents is 1. The number of ether oxygens (including phenoxy) is 2. The van der Waals surface area contributed by atoms with E-state index >= 15 is 0 Å². The van der Waals surface area contributed by atoms with Crippen molar-refractivity contribution in [2.75, 3.05) is 19.0 Å². The van der Waals surface area contributed by atoms with Crippen LogP contribution in [0.4, 0.5) is 11.4 Å². The first-order valence-corrected chi connectivity index (χ1v) is 8.13. The molecule has 0 saturated carbocycles. The standard InChI is InChI=1S/C17H17BrN2O5/c1-10-6-11(2)17(13(18)7-10)25-9-16(21)19-14-5-4-12(20(22)23)8-15(14)24-3/h4-8H,9H2,1-3H3,(H,19,21). The van der Waals surface area contributed by atoms with E-state index in [1.54, 1.807) is 0 Å². The van der Waals surface area contributed by atoms with E-state index in [1.807, 2.05) is 26.0 Å². The highest BCUT2D eigenvalue weighted by atomic mass is 79.9. The van der Waals surface area contributed by atoms with E-state index in [1.165, 1.54) is 25.3 Å². The number of rotatable bonds is 6. The van der Waals surface area contributed by atoms with E-state index in [-0.39, 0.29) is 18.0 Å². The fraction of sp³-hybridized carbons (Fsp3) is 0.235. The number of methoxy groups -OCH3 is 1. The molecule has 1 amide bonds. The van der Waals surface area contributed by atoms with E-state index in [9.17, 15) is 14.9 Å². The number of benzene rings is 2. The minimum atomic E-state index is -0.533. The zero-order valence-corrected chi connectivity index (χ0v) is 15.5. The van der Waals surface area contributed by atoms with Crippen LogP contribution in [0.5, 0.6) is 11.5 Å². The third-order valence-electron chi connectivity index (χ3n) is 3.39. The third kappa shape index (κ3) is 4.69. The molecule has 8 heteroatoms. The summed E-state index contributed by atoms with van der Waals surface area (Å²) in [6.45, 7) is 3.65. The van der Waals surface area contributed by atoms with Crippen LogP contribution >= 0.6 is 15.9 Å². The molecule has 0 aromatic heterocycles. The lowest BCUT2D eigenvalue weighted by Gasteiger charge is -2.13. The van der Waals surface area contributed by atoms with Gasteiger partial charge in [0.15, 0.2) is 6.61 Å². The van der Waals surface area contributed by atoms with Crippen molar-refractivity contribution in [2.45, 2.75) is 13.8 Å².